The number of anilines is 1. The van der Waals surface area contributed by atoms with Crippen molar-refractivity contribution in [2.75, 3.05) is 19.0 Å². The number of hydrogen-bond acceptors (Lipinski definition) is 6. The number of halogens is 1. The Labute approximate surface area is 99.6 Å². The van der Waals surface area contributed by atoms with Crippen LogP contribution in [0.1, 0.15) is 19.7 Å². The van der Waals surface area contributed by atoms with Gasteiger partial charge in [-0.05, 0) is 25.4 Å². The Morgan fingerprint density at radius 3 is 2.69 bits per heavy atom. The van der Waals surface area contributed by atoms with Crippen molar-refractivity contribution in [3.05, 3.63) is 11.1 Å². The lowest BCUT2D eigenvalue weighted by Crippen LogP contribution is -2.41. The second-order valence-corrected chi connectivity index (χ2v) is 3.91. The third kappa shape index (κ3) is 3.88. The van der Waals surface area contributed by atoms with Gasteiger partial charge >= 0.3 is 0 Å². The first-order chi connectivity index (χ1) is 7.46. The summed E-state index contributed by atoms with van der Waals surface area (Å²) in [5, 5.41) is 3.11. The lowest BCUT2D eigenvalue weighted by atomic mass is 10.2. The van der Waals surface area contributed by atoms with Crippen LogP contribution in [0.15, 0.2) is 0 Å². The van der Waals surface area contributed by atoms with Gasteiger partial charge in [-0.2, -0.15) is 9.97 Å². The van der Waals surface area contributed by atoms with Gasteiger partial charge in [-0.25, -0.2) is 4.98 Å². The van der Waals surface area contributed by atoms with Crippen LogP contribution in [0.2, 0.25) is 5.28 Å². The first-order valence-electron chi connectivity index (χ1n) is 4.95. The molecule has 0 amide bonds. The summed E-state index contributed by atoms with van der Waals surface area (Å²) in [6, 6.07) is 0. The summed E-state index contributed by atoms with van der Waals surface area (Å²) in [7, 11) is 1.54. The van der Waals surface area contributed by atoms with Crippen molar-refractivity contribution >= 4 is 17.5 Å². The number of nitrogens with one attached hydrogen (secondary N) is 1. The first kappa shape index (κ1) is 13.1. The Morgan fingerprint density at radius 1 is 1.44 bits per heavy atom. The van der Waals surface area contributed by atoms with Crippen LogP contribution < -0.4 is 11.1 Å². The fourth-order valence-electron chi connectivity index (χ4n) is 1.09. The summed E-state index contributed by atoms with van der Waals surface area (Å²) in [6.07, 6.45) is 0.365. The zero-order chi connectivity index (χ0) is 12.2. The molecule has 90 valence electrons. The predicted molar refractivity (Wildman–Crippen MR) is 62.3 cm³/mol. The largest absolute Gasteiger partial charge is 0.364 e. The van der Waals surface area contributed by atoms with Gasteiger partial charge in [0.15, 0.2) is 0 Å². The quantitative estimate of drug-likeness (QED) is 0.747. The Bertz CT molecular complexity index is 358. The van der Waals surface area contributed by atoms with Gasteiger partial charge in [0.2, 0.25) is 11.2 Å². The van der Waals surface area contributed by atoms with Crippen LogP contribution in [0.4, 0.5) is 5.95 Å². The van der Waals surface area contributed by atoms with Gasteiger partial charge in [0.25, 0.3) is 0 Å². The summed E-state index contributed by atoms with van der Waals surface area (Å²) in [4.78, 5) is 12.1. The highest BCUT2D eigenvalue weighted by Gasteiger charge is 2.20. The van der Waals surface area contributed by atoms with Crippen molar-refractivity contribution in [3.63, 3.8) is 0 Å². The van der Waals surface area contributed by atoms with Crippen molar-refractivity contribution in [3.8, 4) is 0 Å². The van der Waals surface area contributed by atoms with Crippen molar-refractivity contribution in [2.24, 2.45) is 5.73 Å². The SMILES string of the molecule is CCNc1nc(Cl)nc(CC(C)(N)OC)n1. The highest BCUT2D eigenvalue weighted by molar-refractivity contribution is 6.28. The highest BCUT2D eigenvalue weighted by atomic mass is 35.5. The summed E-state index contributed by atoms with van der Waals surface area (Å²) >= 11 is 5.77. The minimum absolute atomic E-state index is 0.146. The second kappa shape index (κ2) is 5.38. The molecule has 1 aromatic rings. The van der Waals surface area contributed by atoms with Crippen LogP contribution in [0, 0.1) is 0 Å². The maximum atomic E-state index is 5.84. The molecule has 0 fully saturated rings. The normalized spacial score (nSPS) is 14.6. The van der Waals surface area contributed by atoms with E-state index in [0.717, 1.165) is 0 Å². The van der Waals surface area contributed by atoms with E-state index in [0.29, 0.717) is 24.7 Å². The van der Waals surface area contributed by atoms with Crippen LogP contribution in [-0.2, 0) is 11.2 Å². The molecule has 0 radical (unpaired) electrons. The van der Waals surface area contributed by atoms with Gasteiger partial charge in [-0.15, -0.1) is 0 Å². The fraction of sp³-hybridized carbons (Fsp3) is 0.667. The Morgan fingerprint density at radius 2 is 2.12 bits per heavy atom. The van der Waals surface area contributed by atoms with Gasteiger partial charge in [0.1, 0.15) is 11.5 Å². The lowest BCUT2D eigenvalue weighted by molar-refractivity contribution is 0.0105. The summed E-state index contributed by atoms with van der Waals surface area (Å²) in [5.41, 5.74) is 5.02. The molecule has 0 aliphatic carbocycles. The smallest absolute Gasteiger partial charge is 0.227 e. The van der Waals surface area contributed by atoms with Gasteiger partial charge in [0.05, 0.1) is 6.42 Å². The minimum atomic E-state index is -0.811. The predicted octanol–water partition coefficient (Wildman–Crippen LogP) is 0.821. The first-order valence-corrected chi connectivity index (χ1v) is 5.33. The third-order valence-electron chi connectivity index (χ3n) is 1.96. The molecule has 0 aromatic carbocycles. The van der Waals surface area contributed by atoms with Crippen molar-refractivity contribution < 1.29 is 4.74 Å². The van der Waals surface area contributed by atoms with E-state index in [1.54, 1.807) is 6.92 Å². The molecule has 0 saturated carbocycles. The molecular weight excluding hydrogens is 230 g/mol. The number of ether oxygens (including phenoxy) is 1. The van der Waals surface area contributed by atoms with Gasteiger partial charge in [-0.1, -0.05) is 0 Å². The molecule has 0 saturated heterocycles. The number of methoxy groups -OCH3 is 1. The number of aromatic nitrogens is 3. The van der Waals surface area contributed by atoms with Gasteiger partial charge < -0.3 is 15.8 Å². The van der Waals surface area contributed by atoms with Gasteiger partial charge in [0, 0.05) is 13.7 Å². The van der Waals surface area contributed by atoms with E-state index in [-0.39, 0.29) is 5.28 Å². The molecule has 1 aromatic heterocycles. The number of nitrogens with zero attached hydrogens (tertiary/aromatic N) is 3. The molecule has 6 nitrogen and oxygen atoms in total. The zero-order valence-corrected chi connectivity index (χ0v) is 10.4. The Kier molecular flexibility index (Phi) is 4.40. The van der Waals surface area contributed by atoms with E-state index in [1.165, 1.54) is 7.11 Å². The average Bonchev–Trinajstić information content (AvgIpc) is 2.16. The molecule has 0 aliphatic heterocycles. The molecule has 1 rings (SSSR count). The van der Waals surface area contributed by atoms with Crippen LogP contribution in [0.5, 0.6) is 0 Å². The minimum Gasteiger partial charge on any atom is -0.364 e. The van der Waals surface area contributed by atoms with Crippen molar-refractivity contribution in [1.82, 2.24) is 15.0 Å². The molecule has 3 N–H and O–H groups in total. The zero-order valence-electron chi connectivity index (χ0n) is 9.62. The van der Waals surface area contributed by atoms with Crippen LogP contribution in [0.3, 0.4) is 0 Å². The van der Waals surface area contributed by atoms with E-state index in [1.807, 2.05) is 6.92 Å². The Balaban J connectivity index is 2.87. The molecule has 0 spiro atoms. The number of nitrogens with two attached hydrogens (primary N) is 1. The molecular formula is C9H16ClN5O. The average molecular weight is 246 g/mol. The Hall–Kier alpha value is -0.980. The molecule has 1 unspecified atom stereocenters. The molecule has 1 atom stereocenters. The van der Waals surface area contributed by atoms with Crippen molar-refractivity contribution in [1.29, 1.82) is 0 Å². The third-order valence-corrected chi connectivity index (χ3v) is 2.13. The number of rotatable bonds is 5. The monoisotopic (exact) mass is 245 g/mol. The van der Waals surface area contributed by atoms with E-state index in [9.17, 15) is 0 Å². The molecule has 7 heteroatoms. The summed E-state index contributed by atoms with van der Waals surface area (Å²) < 4.78 is 5.10. The van der Waals surface area contributed by atoms with E-state index in [4.69, 9.17) is 22.1 Å². The van der Waals surface area contributed by atoms with Gasteiger partial charge in [-0.3, -0.25) is 0 Å². The lowest BCUT2D eigenvalue weighted by Gasteiger charge is -2.21. The fourth-order valence-corrected chi connectivity index (χ4v) is 1.27. The van der Waals surface area contributed by atoms with Crippen molar-refractivity contribution in [2.45, 2.75) is 26.0 Å². The van der Waals surface area contributed by atoms with E-state index in [2.05, 4.69) is 20.3 Å². The summed E-state index contributed by atoms with van der Waals surface area (Å²) in [5.74, 6) is 0.951. The second-order valence-electron chi connectivity index (χ2n) is 3.57. The van der Waals surface area contributed by atoms with E-state index < -0.39 is 5.72 Å². The standard InChI is InChI=1S/C9H16ClN5O/c1-4-12-8-14-6(13-7(10)15-8)5-9(2,11)16-3/h4-5,11H2,1-3H3,(H,12,13,14,15). The molecule has 16 heavy (non-hydrogen) atoms. The van der Waals surface area contributed by atoms with Crippen LogP contribution >= 0.6 is 11.6 Å². The molecule has 1 heterocycles. The maximum absolute atomic E-state index is 5.84. The topological polar surface area (TPSA) is 86.0 Å². The van der Waals surface area contributed by atoms with Crippen LogP contribution in [0.25, 0.3) is 0 Å². The molecule has 0 bridgehead atoms. The van der Waals surface area contributed by atoms with Crippen LogP contribution in [-0.4, -0.2) is 34.3 Å². The maximum Gasteiger partial charge on any atom is 0.227 e. The van der Waals surface area contributed by atoms with E-state index >= 15 is 0 Å². The number of hydrogen-bond donors (Lipinski definition) is 2. The summed E-state index contributed by atoms with van der Waals surface area (Å²) in [6.45, 7) is 4.40. The molecule has 0 aliphatic rings. The highest BCUT2D eigenvalue weighted by Crippen LogP contribution is 2.11.